The second kappa shape index (κ2) is 26.3. The average Bonchev–Trinajstić information content (AvgIpc) is 3.20. The van der Waals surface area contributed by atoms with Crippen LogP contribution in [0.3, 0.4) is 0 Å². The number of rotatable bonds is 12. The fraction of sp³-hybridized carbons (Fsp3) is 0.159. The zero-order chi connectivity index (χ0) is 39.7. The van der Waals surface area contributed by atoms with Crippen LogP contribution in [0.4, 0.5) is 13.2 Å². The molecule has 14 heteroatoms. The van der Waals surface area contributed by atoms with Crippen LogP contribution in [0.25, 0.3) is 0 Å². The van der Waals surface area contributed by atoms with Crippen molar-refractivity contribution in [2.45, 2.75) is 19.4 Å². The number of nitrogens with zero attached hydrogens (tertiary/aromatic N) is 1. The Morgan fingerprint density at radius 1 is 0.500 bits per heavy atom. The van der Waals surface area contributed by atoms with Crippen molar-refractivity contribution < 1.29 is 71.1 Å². The van der Waals surface area contributed by atoms with Crippen LogP contribution in [0, 0.1) is 16.7 Å². The van der Waals surface area contributed by atoms with Gasteiger partial charge in [0.15, 0.2) is 10.1 Å². The van der Waals surface area contributed by atoms with Gasteiger partial charge in [0.1, 0.15) is 0 Å². The molecule has 0 heterocycles. The van der Waals surface area contributed by atoms with E-state index in [0.717, 1.165) is 18.5 Å². The van der Waals surface area contributed by atoms with Crippen LogP contribution in [0.5, 0.6) is 0 Å². The molecular weight excluding hydrogens is 1040 g/mol. The first kappa shape index (κ1) is 53.0. The van der Waals surface area contributed by atoms with E-state index in [-0.39, 0.29) is 50.3 Å². The van der Waals surface area contributed by atoms with Gasteiger partial charge in [0.25, 0.3) is 0 Å². The van der Waals surface area contributed by atoms with Crippen LogP contribution >= 0.6 is 23.8 Å². The summed E-state index contributed by atoms with van der Waals surface area (Å²) in [7, 11) is -7.76. The molecule has 6 rings (SSSR count). The van der Waals surface area contributed by atoms with E-state index in [9.17, 15) is 13.2 Å². The predicted octanol–water partition coefficient (Wildman–Crippen LogP) is 2.98. The molecule has 0 amide bonds. The summed E-state index contributed by atoms with van der Waals surface area (Å²) >= 11 is 0. The molecular formula is C44H42Cl2F3IrNO3P3S. The minimum absolute atomic E-state index is 0. The van der Waals surface area contributed by atoms with Crippen molar-refractivity contribution in [1.82, 2.24) is 0 Å². The summed E-state index contributed by atoms with van der Waals surface area (Å²) in [5, 5.41) is 16.1. The maximum Gasteiger partial charge on any atom is 3.00 e. The fourth-order valence-electron chi connectivity index (χ4n) is 5.94. The first-order chi connectivity index (χ1) is 26.3. The van der Waals surface area contributed by atoms with E-state index >= 15 is 0 Å². The maximum atomic E-state index is 10.7. The molecule has 0 fully saturated rings. The zero-order valence-electron chi connectivity index (χ0n) is 31.6. The van der Waals surface area contributed by atoms with E-state index in [0.29, 0.717) is 0 Å². The van der Waals surface area contributed by atoms with E-state index in [4.69, 9.17) is 18.2 Å². The molecule has 0 aliphatic carbocycles. The molecule has 0 unspecified atom stereocenters. The summed E-state index contributed by atoms with van der Waals surface area (Å²) in [4.78, 5) is 0. The molecule has 6 aromatic carbocycles. The summed E-state index contributed by atoms with van der Waals surface area (Å²) in [6, 6.07) is 69.5. The second-order valence-corrected chi connectivity index (χ2v) is 20.7. The Morgan fingerprint density at radius 2 is 0.638 bits per heavy atom. The van der Waals surface area contributed by atoms with Gasteiger partial charge in [-0.05, 0) is 79.5 Å². The van der Waals surface area contributed by atoms with Gasteiger partial charge < -0.3 is 29.4 Å². The van der Waals surface area contributed by atoms with Gasteiger partial charge in [-0.3, -0.25) is 0 Å². The normalized spacial score (nSPS) is 11.0. The zero-order valence-corrected chi connectivity index (χ0v) is 39.0. The van der Waals surface area contributed by atoms with E-state index in [1.807, 2.05) is 0 Å². The predicted molar refractivity (Wildman–Crippen MR) is 227 cm³/mol. The largest absolute Gasteiger partial charge is 3.00 e. The minimum atomic E-state index is -6.09. The Bertz CT molecular complexity index is 1840. The fourth-order valence-corrected chi connectivity index (χ4v) is 14.6. The molecule has 0 N–H and O–H groups in total. The number of benzene rings is 6. The van der Waals surface area contributed by atoms with Crippen LogP contribution in [0.15, 0.2) is 182 Å². The van der Waals surface area contributed by atoms with Crippen molar-refractivity contribution in [3.63, 3.8) is 0 Å². The topological polar surface area (TPSA) is 81.0 Å². The van der Waals surface area contributed by atoms with E-state index in [1.165, 1.54) is 38.8 Å². The Balaban J connectivity index is 0.00000107. The van der Waals surface area contributed by atoms with E-state index < -0.39 is 39.4 Å². The first-order valence-electron chi connectivity index (χ1n) is 17.3. The van der Waals surface area contributed by atoms with Gasteiger partial charge >= 0.3 is 25.6 Å². The third-order valence-corrected chi connectivity index (χ3v) is 17.6. The monoisotopic (exact) mass is 1080 g/mol. The maximum absolute atomic E-state index is 10.7. The molecule has 0 aliphatic rings. The van der Waals surface area contributed by atoms with Gasteiger partial charge in [-0.2, -0.15) is 18.4 Å². The summed E-state index contributed by atoms with van der Waals surface area (Å²) in [6.45, 7) is 4.04. The molecule has 0 bridgehead atoms. The van der Waals surface area contributed by atoms with Crippen LogP contribution < -0.4 is 56.6 Å². The standard InChI is InChI=1S/C41H39P3.C2H3N.CHF3O3S.2ClH.Ir/c1-41(32-42(35-20-8-2-9-21-35)36-22-10-3-11-23-36,33-43(37-24-12-4-13-25-37)38-26-14-5-15-27-38)34-44(39-28-16-6-17-29-39)40-30-18-7-19-31-40;1-2-3;2-1(3,4)8(5,6)7;;;/h2-31H,32-34H2,1H3;1H3;(H,5,6,7);2*1H;/q;;;;;+3/p-3. The Morgan fingerprint density at radius 3 is 0.759 bits per heavy atom. The van der Waals surface area contributed by atoms with Crippen LogP contribution in [-0.4, -0.2) is 37.0 Å². The van der Waals surface area contributed by atoms with E-state index in [2.05, 4.69) is 189 Å². The molecule has 58 heavy (non-hydrogen) atoms. The summed E-state index contributed by atoms with van der Waals surface area (Å²) in [6.07, 6.45) is 3.44. The number of hydrogen-bond donors (Lipinski definition) is 0. The van der Waals surface area contributed by atoms with Gasteiger partial charge in [0, 0.05) is 6.92 Å². The number of nitriles is 1. The SMILES string of the molecule is CC#N.CC(CP(c1ccccc1)c1ccccc1)(CP(c1ccccc1)c1ccccc1)CP(c1ccccc1)c1ccccc1.O=S(=O)([O-])C(F)(F)F.[Cl-].[Cl-].[Ir+3]. The quantitative estimate of drug-likeness (QED) is 0.107. The Kier molecular flexibility index (Phi) is 24.0. The third-order valence-electron chi connectivity index (χ3n) is 8.31. The molecule has 4 nitrogen and oxygen atoms in total. The second-order valence-electron chi connectivity index (χ2n) is 12.7. The first-order valence-corrected chi connectivity index (χ1v) is 23.3. The van der Waals surface area contributed by atoms with Crippen molar-refractivity contribution in [2.75, 3.05) is 18.5 Å². The van der Waals surface area contributed by atoms with Crippen molar-refractivity contribution in [3.05, 3.63) is 182 Å². The number of hydrogen-bond acceptors (Lipinski definition) is 4. The van der Waals surface area contributed by atoms with Crippen molar-refractivity contribution >= 4 is 65.7 Å². The molecule has 0 aliphatic heterocycles. The molecule has 0 atom stereocenters. The van der Waals surface area contributed by atoms with Crippen molar-refractivity contribution in [3.8, 4) is 6.07 Å². The summed E-state index contributed by atoms with van der Waals surface area (Å²) < 4.78 is 58.9. The van der Waals surface area contributed by atoms with Gasteiger partial charge in [-0.15, -0.1) is 0 Å². The Labute approximate surface area is 370 Å². The van der Waals surface area contributed by atoms with E-state index in [1.54, 1.807) is 6.07 Å². The van der Waals surface area contributed by atoms with Crippen molar-refractivity contribution in [1.29, 1.82) is 5.26 Å². The molecule has 0 saturated carbocycles. The molecule has 0 saturated heterocycles. The van der Waals surface area contributed by atoms with Gasteiger partial charge in [-0.1, -0.05) is 189 Å². The molecule has 0 aromatic heterocycles. The molecule has 0 spiro atoms. The average molecular weight is 1080 g/mol. The van der Waals surface area contributed by atoms with Gasteiger partial charge in [-0.25, -0.2) is 8.42 Å². The minimum Gasteiger partial charge on any atom is -1.00 e. The molecule has 6 aromatic rings. The van der Waals surface area contributed by atoms with Crippen LogP contribution in [-0.2, 0) is 30.2 Å². The molecule has 306 valence electrons. The smallest absolute Gasteiger partial charge is 1.00 e. The third kappa shape index (κ3) is 16.6. The summed E-state index contributed by atoms with van der Waals surface area (Å²) in [5.41, 5.74) is -5.57. The number of halogens is 5. The van der Waals surface area contributed by atoms with Crippen LogP contribution in [0.1, 0.15) is 13.8 Å². The van der Waals surface area contributed by atoms with Crippen LogP contribution in [0.2, 0.25) is 0 Å². The molecule has 0 radical (unpaired) electrons. The van der Waals surface area contributed by atoms with Crippen molar-refractivity contribution in [2.24, 2.45) is 5.41 Å². The van der Waals surface area contributed by atoms with Gasteiger partial charge in [0.05, 0.1) is 6.07 Å². The Hall–Kier alpha value is -2.97. The number of alkyl halides is 3. The summed E-state index contributed by atoms with van der Waals surface area (Å²) in [5.74, 6) is 0. The van der Waals surface area contributed by atoms with Gasteiger partial charge in [0.2, 0.25) is 0 Å².